The van der Waals surface area contributed by atoms with Gasteiger partial charge in [0.25, 0.3) is 0 Å². The number of benzene rings is 1. The van der Waals surface area contributed by atoms with Crippen LogP contribution in [0.4, 0.5) is 5.69 Å². The second-order valence-corrected chi connectivity index (χ2v) is 3.69. The molecule has 82 valence electrons. The van der Waals surface area contributed by atoms with Crippen LogP contribution in [0.2, 0.25) is 0 Å². The van der Waals surface area contributed by atoms with E-state index in [1.54, 1.807) is 0 Å². The second kappa shape index (κ2) is 5.69. The number of hydrogen-bond donors (Lipinski definition) is 1. The minimum absolute atomic E-state index is 0.168. The van der Waals surface area contributed by atoms with E-state index < -0.39 is 0 Å². The van der Waals surface area contributed by atoms with Gasteiger partial charge in [0.1, 0.15) is 0 Å². The highest BCUT2D eigenvalue weighted by Crippen LogP contribution is 2.19. The normalized spacial score (nSPS) is 9.19. The molecule has 0 aliphatic heterocycles. The molecule has 4 nitrogen and oxygen atoms in total. The van der Waals surface area contributed by atoms with Crippen LogP contribution in [0.1, 0.15) is 30.9 Å². The average Bonchev–Trinajstić information content (AvgIpc) is 2.26. The average molecular weight is 214 g/mol. The molecule has 0 spiro atoms. The third kappa shape index (κ3) is 3.23. The maximum atomic E-state index is 8.10. The number of nitrogens with two attached hydrogens (primary N) is 1. The molecule has 4 heteroatoms. The maximum absolute atomic E-state index is 8.10. The van der Waals surface area contributed by atoms with Crippen LogP contribution in [0, 0.1) is 11.8 Å². The first-order chi connectivity index (χ1) is 7.65. The van der Waals surface area contributed by atoms with E-state index in [0.29, 0.717) is 11.6 Å². The van der Waals surface area contributed by atoms with Gasteiger partial charge in [0.05, 0.1) is 6.54 Å². The Morgan fingerprint density at radius 1 is 1.50 bits per heavy atom. The minimum atomic E-state index is 0.168. The maximum Gasteiger partial charge on any atom is 0.0880 e. The zero-order chi connectivity index (χ0) is 12.0. The Bertz CT molecular complexity index is 474. The monoisotopic (exact) mass is 214 g/mol. The zero-order valence-corrected chi connectivity index (χ0v) is 9.44. The van der Waals surface area contributed by atoms with Gasteiger partial charge in [-0.15, -0.1) is 0 Å². The fraction of sp³-hybridized carbons (Fsp3) is 0.333. The summed E-state index contributed by atoms with van der Waals surface area (Å²) in [6.07, 6.45) is 0. The van der Waals surface area contributed by atoms with E-state index in [0.717, 1.165) is 5.56 Å². The number of rotatable bonds is 2. The molecule has 1 aromatic carbocycles. The van der Waals surface area contributed by atoms with Gasteiger partial charge in [-0.3, -0.25) is 0 Å². The molecule has 0 aliphatic carbocycles. The Balaban J connectivity index is 2.96. The molecule has 16 heavy (non-hydrogen) atoms. The van der Waals surface area contributed by atoms with Gasteiger partial charge in [0.15, 0.2) is 0 Å². The minimum Gasteiger partial charge on any atom is -0.398 e. The van der Waals surface area contributed by atoms with Crippen molar-refractivity contribution >= 4 is 5.69 Å². The van der Waals surface area contributed by atoms with Crippen LogP contribution < -0.4 is 5.73 Å². The Labute approximate surface area is 95.1 Å². The lowest BCUT2D eigenvalue weighted by molar-refractivity contribution is 0.866. The van der Waals surface area contributed by atoms with Crippen molar-refractivity contribution < 1.29 is 0 Å². The fourth-order valence-electron chi connectivity index (χ4n) is 1.24. The van der Waals surface area contributed by atoms with Gasteiger partial charge in [0.2, 0.25) is 0 Å². The highest BCUT2D eigenvalue weighted by Gasteiger charge is 2.01. The van der Waals surface area contributed by atoms with E-state index in [9.17, 15) is 0 Å². The van der Waals surface area contributed by atoms with Crippen LogP contribution >= 0.6 is 0 Å². The van der Waals surface area contributed by atoms with Crippen molar-refractivity contribution in [3.05, 3.63) is 39.8 Å². The number of nitrogen functional groups attached to an aromatic ring is 1. The van der Waals surface area contributed by atoms with Gasteiger partial charge in [0, 0.05) is 16.2 Å². The molecule has 0 bridgehead atoms. The first-order valence-electron chi connectivity index (χ1n) is 5.04. The van der Waals surface area contributed by atoms with E-state index in [4.69, 9.17) is 11.3 Å². The molecule has 0 fully saturated rings. The lowest BCUT2D eigenvalue weighted by Crippen LogP contribution is -1.94. The molecule has 1 aromatic rings. The molecule has 0 aliphatic rings. The standard InChI is InChI=1S/C12H14N4/c1-9(2)10-5-6-12(13)11(8-10)4-3-7-15-16-14/h5-6,8-9H,7,13H2,1-2H3. The van der Waals surface area contributed by atoms with Crippen LogP contribution in [0.15, 0.2) is 23.3 Å². The van der Waals surface area contributed by atoms with Crippen molar-refractivity contribution in [3.63, 3.8) is 0 Å². The van der Waals surface area contributed by atoms with Crippen molar-refractivity contribution in [2.24, 2.45) is 5.11 Å². The lowest BCUT2D eigenvalue weighted by Gasteiger charge is -2.07. The summed E-state index contributed by atoms with van der Waals surface area (Å²) in [7, 11) is 0. The third-order valence-electron chi connectivity index (χ3n) is 2.18. The first kappa shape index (κ1) is 12.0. The number of nitrogens with zero attached hydrogens (tertiary/aromatic N) is 3. The Morgan fingerprint density at radius 2 is 2.25 bits per heavy atom. The second-order valence-electron chi connectivity index (χ2n) is 3.69. The molecular formula is C12H14N4. The molecule has 0 saturated heterocycles. The summed E-state index contributed by atoms with van der Waals surface area (Å²) in [6, 6.07) is 5.83. The molecule has 0 atom stereocenters. The van der Waals surface area contributed by atoms with Gasteiger partial charge in [-0.2, -0.15) is 0 Å². The molecule has 0 aromatic heterocycles. The number of azide groups is 1. The molecule has 0 heterocycles. The Morgan fingerprint density at radius 3 is 2.88 bits per heavy atom. The summed E-state index contributed by atoms with van der Waals surface area (Å²) < 4.78 is 0. The molecule has 2 N–H and O–H groups in total. The molecule has 1 rings (SSSR count). The smallest absolute Gasteiger partial charge is 0.0880 e. The number of hydrogen-bond acceptors (Lipinski definition) is 2. The summed E-state index contributed by atoms with van der Waals surface area (Å²) in [6.45, 7) is 4.40. The van der Waals surface area contributed by atoms with E-state index in [1.807, 2.05) is 18.2 Å². The molecule has 0 saturated carbocycles. The Kier molecular flexibility index (Phi) is 4.26. The summed E-state index contributed by atoms with van der Waals surface area (Å²) in [5.74, 6) is 6.11. The van der Waals surface area contributed by atoms with E-state index in [1.165, 1.54) is 5.56 Å². The van der Waals surface area contributed by atoms with E-state index in [-0.39, 0.29) is 6.54 Å². The van der Waals surface area contributed by atoms with E-state index in [2.05, 4.69) is 35.7 Å². The summed E-state index contributed by atoms with van der Waals surface area (Å²) >= 11 is 0. The quantitative estimate of drug-likeness (QED) is 0.265. The molecule has 0 unspecified atom stereocenters. The molecular weight excluding hydrogens is 200 g/mol. The molecule has 0 amide bonds. The topological polar surface area (TPSA) is 74.8 Å². The first-order valence-corrected chi connectivity index (χ1v) is 5.04. The van der Waals surface area contributed by atoms with Crippen LogP contribution in [0.25, 0.3) is 10.4 Å². The number of anilines is 1. The third-order valence-corrected chi connectivity index (χ3v) is 2.18. The molecule has 0 radical (unpaired) electrons. The van der Waals surface area contributed by atoms with Crippen LogP contribution in [-0.2, 0) is 0 Å². The van der Waals surface area contributed by atoms with Crippen molar-refractivity contribution in [1.82, 2.24) is 0 Å². The SMILES string of the molecule is CC(C)c1ccc(N)c(C#CCN=[N+]=[N-])c1. The largest absolute Gasteiger partial charge is 0.398 e. The van der Waals surface area contributed by atoms with Gasteiger partial charge in [-0.25, -0.2) is 0 Å². The Hall–Kier alpha value is -2.11. The fourth-order valence-corrected chi connectivity index (χ4v) is 1.24. The summed E-state index contributed by atoms with van der Waals surface area (Å²) in [5, 5.41) is 3.34. The zero-order valence-electron chi connectivity index (χ0n) is 9.44. The van der Waals surface area contributed by atoms with Gasteiger partial charge >= 0.3 is 0 Å². The van der Waals surface area contributed by atoms with Crippen molar-refractivity contribution in [1.29, 1.82) is 0 Å². The van der Waals surface area contributed by atoms with Crippen molar-refractivity contribution in [3.8, 4) is 11.8 Å². The van der Waals surface area contributed by atoms with Crippen LogP contribution in [-0.4, -0.2) is 6.54 Å². The van der Waals surface area contributed by atoms with Crippen molar-refractivity contribution in [2.75, 3.05) is 12.3 Å². The van der Waals surface area contributed by atoms with Gasteiger partial charge in [-0.05, 0) is 29.1 Å². The van der Waals surface area contributed by atoms with Gasteiger partial charge < -0.3 is 5.73 Å². The van der Waals surface area contributed by atoms with Crippen LogP contribution in [0.3, 0.4) is 0 Å². The summed E-state index contributed by atoms with van der Waals surface area (Å²) in [5.41, 5.74) is 16.5. The van der Waals surface area contributed by atoms with Crippen molar-refractivity contribution in [2.45, 2.75) is 19.8 Å². The lowest BCUT2D eigenvalue weighted by atomic mass is 10.00. The highest BCUT2D eigenvalue weighted by molar-refractivity contribution is 5.57. The summed E-state index contributed by atoms with van der Waals surface area (Å²) in [4.78, 5) is 2.63. The predicted octanol–water partition coefficient (Wildman–Crippen LogP) is 3.05. The predicted molar refractivity (Wildman–Crippen MR) is 65.8 cm³/mol. The van der Waals surface area contributed by atoms with E-state index >= 15 is 0 Å². The highest BCUT2D eigenvalue weighted by atomic mass is 15.1. The van der Waals surface area contributed by atoms with Gasteiger partial charge in [-0.1, -0.05) is 36.9 Å². The van der Waals surface area contributed by atoms with Crippen LogP contribution in [0.5, 0.6) is 0 Å².